The Balaban J connectivity index is 2.72. The molecule has 0 amide bonds. The third kappa shape index (κ3) is 3.57. The lowest BCUT2D eigenvalue weighted by molar-refractivity contribution is -0.153. The molecule has 0 bridgehead atoms. The molecule has 5 heteroatoms. The Hall–Kier alpha value is -0.710. The summed E-state index contributed by atoms with van der Waals surface area (Å²) in [4.78, 5) is 0. The number of alkyl halides is 3. The van der Waals surface area contributed by atoms with Crippen molar-refractivity contribution in [3.05, 3.63) is 28.2 Å². The Kier molecular flexibility index (Phi) is 3.42. The van der Waals surface area contributed by atoms with Crippen LogP contribution in [0.25, 0.3) is 0 Å². The molecular weight excluding hydrogens is 261 g/mol. The van der Waals surface area contributed by atoms with E-state index in [0.29, 0.717) is 4.47 Å². The average molecular weight is 269 g/mol. The largest absolute Gasteiger partial charge is 0.483 e. The van der Waals surface area contributed by atoms with Crippen molar-refractivity contribution < 1.29 is 17.9 Å². The second-order valence-electron chi connectivity index (χ2n) is 2.84. The third-order valence-electron chi connectivity index (χ3n) is 1.48. The second-order valence-corrected chi connectivity index (χ2v) is 3.69. The first-order valence-corrected chi connectivity index (χ1v) is 4.63. The Morgan fingerprint density at radius 2 is 2.00 bits per heavy atom. The zero-order chi connectivity index (χ0) is 10.8. The average Bonchev–Trinajstić information content (AvgIpc) is 2.05. The highest BCUT2D eigenvalue weighted by atomic mass is 79.9. The fourth-order valence-corrected chi connectivity index (χ4v) is 1.24. The fourth-order valence-electron chi connectivity index (χ4n) is 0.881. The number of hydrogen-bond acceptors (Lipinski definition) is 1. The van der Waals surface area contributed by atoms with Gasteiger partial charge in [0.25, 0.3) is 0 Å². The lowest BCUT2D eigenvalue weighted by Gasteiger charge is -2.10. The van der Waals surface area contributed by atoms with E-state index in [1.54, 1.807) is 25.1 Å². The van der Waals surface area contributed by atoms with Crippen LogP contribution in [0.15, 0.2) is 22.7 Å². The van der Waals surface area contributed by atoms with Crippen molar-refractivity contribution in [2.45, 2.75) is 13.1 Å². The molecular formula is C9H8BrF3O. The number of ether oxygens (including phenoxy) is 1. The SMILES string of the molecule is Cc1ccc(Br)c(OCC(F)(F)F)c1. The molecule has 1 aromatic rings. The molecule has 0 heterocycles. The van der Waals surface area contributed by atoms with Crippen LogP contribution in [0.3, 0.4) is 0 Å². The van der Waals surface area contributed by atoms with E-state index >= 15 is 0 Å². The highest BCUT2D eigenvalue weighted by Crippen LogP contribution is 2.27. The van der Waals surface area contributed by atoms with E-state index in [1.807, 2.05) is 0 Å². The van der Waals surface area contributed by atoms with E-state index in [-0.39, 0.29) is 5.75 Å². The summed E-state index contributed by atoms with van der Waals surface area (Å²) in [6.07, 6.45) is -4.30. The first kappa shape index (κ1) is 11.4. The van der Waals surface area contributed by atoms with Gasteiger partial charge in [-0.1, -0.05) is 6.07 Å². The topological polar surface area (TPSA) is 9.23 Å². The van der Waals surface area contributed by atoms with Crippen LogP contribution in [0.4, 0.5) is 13.2 Å². The first-order valence-electron chi connectivity index (χ1n) is 3.84. The van der Waals surface area contributed by atoms with Crippen molar-refractivity contribution in [2.75, 3.05) is 6.61 Å². The minimum atomic E-state index is -4.30. The van der Waals surface area contributed by atoms with Gasteiger partial charge in [0.15, 0.2) is 6.61 Å². The fraction of sp³-hybridized carbons (Fsp3) is 0.333. The summed E-state index contributed by atoms with van der Waals surface area (Å²) in [6.45, 7) is 0.516. The minimum Gasteiger partial charge on any atom is -0.483 e. The normalized spacial score (nSPS) is 11.5. The summed E-state index contributed by atoms with van der Waals surface area (Å²) in [7, 11) is 0. The van der Waals surface area contributed by atoms with Gasteiger partial charge in [0.2, 0.25) is 0 Å². The molecule has 0 aromatic heterocycles. The van der Waals surface area contributed by atoms with Gasteiger partial charge in [-0.3, -0.25) is 0 Å². The van der Waals surface area contributed by atoms with Crippen LogP contribution in [0, 0.1) is 6.92 Å². The van der Waals surface area contributed by atoms with E-state index in [4.69, 9.17) is 0 Å². The van der Waals surface area contributed by atoms with Gasteiger partial charge < -0.3 is 4.74 Å². The van der Waals surface area contributed by atoms with E-state index in [0.717, 1.165) is 5.56 Å². The predicted octanol–water partition coefficient (Wildman–Crippen LogP) is 3.70. The van der Waals surface area contributed by atoms with Gasteiger partial charge >= 0.3 is 6.18 Å². The smallest absolute Gasteiger partial charge is 0.422 e. The van der Waals surface area contributed by atoms with E-state index in [9.17, 15) is 13.2 Å². The van der Waals surface area contributed by atoms with Gasteiger partial charge in [0, 0.05) is 0 Å². The molecule has 1 nitrogen and oxygen atoms in total. The molecule has 1 rings (SSSR count). The van der Waals surface area contributed by atoms with Crippen LogP contribution in [-0.2, 0) is 0 Å². The van der Waals surface area contributed by atoms with Crippen LogP contribution in [0.2, 0.25) is 0 Å². The van der Waals surface area contributed by atoms with E-state index in [2.05, 4.69) is 20.7 Å². The van der Waals surface area contributed by atoms with Crippen LogP contribution in [-0.4, -0.2) is 12.8 Å². The predicted molar refractivity (Wildman–Crippen MR) is 50.4 cm³/mol. The maximum absolute atomic E-state index is 11.8. The van der Waals surface area contributed by atoms with E-state index in [1.165, 1.54) is 0 Å². The minimum absolute atomic E-state index is 0.210. The lowest BCUT2D eigenvalue weighted by Crippen LogP contribution is -2.19. The van der Waals surface area contributed by atoms with Crippen LogP contribution < -0.4 is 4.74 Å². The molecule has 0 saturated heterocycles. The second kappa shape index (κ2) is 4.21. The quantitative estimate of drug-likeness (QED) is 0.795. The molecule has 0 unspecified atom stereocenters. The number of hydrogen-bond donors (Lipinski definition) is 0. The number of aryl methyl sites for hydroxylation is 1. The van der Waals surface area contributed by atoms with Gasteiger partial charge in [0.05, 0.1) is 4.47 Å². The first-order chi connectivity index (χ1) is 6.38. The van der Waals surface area contributed by atoms with Gasteiger partial charge in [-0.05, 0) is 40.5 Å². The summed E-state index contributed by atoms with van der Waals surface area (Å²) in [5.41, 5.74) is 0.852. The summed E-state index contributed by atoms with van der Waals surface area (Å²) >= 11 is 3.11. The highest BCUT2D eigenvalue weighted by molar-refractivity contribution is 9.10. The molecule has 78 valence electrons. The zero-order valence-electron chi connectivity index (χ0n) is 7.36. The molecule has 0 saturated carbocycles. The van der Waals surface area contributed by atoms with Crippen LogP contribution in [0.5, 0.6) is 5.75 Å². The maximum atomic E-state index is 11.8. The molecule has 0 atom stereocenters. The Labute approximate surface area is 88.0 Å². The number of rotatable bonds is 2. The molecule has 0 fully saturated rings. The Bertz CT molecular complexity index is 322. The molecule has 14 heavy (non-hydrogen) atoms. The lowest BCUT2D eigenvalue weighted by atomic mass is 10.2. The van der Waals surface area contributed by atoms with Gasteiger partial charge in [-0.2, -0.15) is 13.2 Å². The summed E-state index contributed by atoms with van der Waals surface area (Å²) in [5.74, 6) is 0.210. The summed E-state index contributed by atoms with van der Waals surface area (Å²) < 4.78 is 40.6. The number of halogens is 4. The Morgan fingerprint density at radius 3 is 2.57 bits per heavy atom. The Morgan fingerprint density at radius 1 is 1.36 bits per heavy atom. The van der Waals surface area contributed by atoms with E-state index < -0.39 is 12.8 Å². The molecule has 0 aliphatic heterocycles. The zero-order valence-corrected chi connectivity index (χ0v) is 8.95. The molecule has 1 aromatic carbocycles. The molecule has 0 spiro atoms. The van der Waals surface area contributed by atoms with Gasteiger partial charge in [-0.15, -0.1) is 0 Å². The van der Waals surface area contributed by atoms with Gasteiger partial charge in [-0.25, -0.2) is 0 Å². The maximum Gasteiger partial charge on any atom is 0.422 e. The van der Waals surface area contributed by atoms with Crippen molar-refractivity contribution in [3.63, 3.8) is 0 Å². The van der Waals surface area contributed by atoms with Gasteiger partial charge in [0.1, 0.15) is 5.75 Å². The molecule has 0 aliphatic carbocycles. The van der Waals surface area contributed by atoms with Crippen molar-refractivity contribution in [2.24, 2.45) is 0 Å². The molecule has 0 N–H and O–H groups in total. The van der Waals surface area contributed by atoms with Crippen LogP contribution in [0.1, 0.15) is 5.56 Å². The van der Waals surface area contributed by atoms with Crippen molar-refractivity contribution >= 4 is 15.9 Å². The third-order valence-corrected chi connectivity index (χ3v) is 2.13. The molecule has 0 aliphatic rings. The molecule has 0 radical (unpaired) electrons. The van der Waals surface area contributed by atoms with Crippen LogP contribution >= 0.6 is 15.9 Å². The standard InChI is InChI=1S/C9H8BrF3O/c1-6-2-3-7(10)8(4-6)14-5-9(11,12)13/h2-4H,5H2,1H3. The summed E-state index contributed by atoms with van der Waals surface area (Å²) in [5, 5.41) is 0. The summed E-state index contributed by atoms with van der Waals surface area (Å²) in [6, 6.07) is 4.99. The number of benzene rings is 1. The monoisotopic (exact) mass is 268 g/mol. The van der Waals surface area contributed by atoms with Crippen molar-refractivity contribution in [1.82, 2.24) is 0 Å². The highest BCUT2D eigenvalue weighted by Gasteiger charge is 2.28. The van der Waals surface area contributed by atoms with Crippen molar-refractivity contribution in [1.29, 1.82) is 0 Å². The van der Waals surface area contributed by atoms with Crippen molar-refractivity contribution in [3.8, 4) is 5.75 Å².